The van der Waals surface area contributed by atoms with Gasteiger partial charge in [-0.3, -0.25) is 4.68 Å². The highest BCUT2D eigenvalue weighted by Crippen LogP contribution is 2.28. The van der Waals surface area contributed by atoms with Gasteiger partial charge in [-0.1, -0.05) is 52.7 Å². The Morgan fingerprint density at radius 1 is 1.11 bits per heavy atom. The molecule has 0 saturated heterocycles. The van der Waals surface area contributed by atoms with Gasteiger partial charge < -0.3 is 10.3 Å². The summed E-state index contributed by atoms with van der Waals surface area (Å²) in [5.41, 5.74) is 5.58. The summed E-state index contributed by atoms with van der Waals surface area (Å²) < 4.78 is 1.88. The zero-order valence-corrected chi connectivity index (χ0v) is 15.9. The highest BCUT2D eigenvalue weighted by atomic mass is 35.5. The van der Waals surface area contributed by atoms with Crippen LogP contribution < -0.4 is 5.32 Å². The van der Waals surface area contributed by atoms with Crippen molar-refractivity contribution in [2.24, 2.45) is 0 Å². The zero-order chi connectivity index (χ0) is 18.4. The number of hydrogen-bond acceptors (Lipinski definition) is 3. The first-order chi connectivity index (χ1) is 13.2. The lowest BCUT2D eigenvalue weighted by molar-refractivity contribution is 0.398. The van der Waals surface area contributed by atoms with E-state index in [4.69, 9.17) is 23.2 Å². The number of nitrogens with one attached hydrogen (secondary N) is 2. The standard InChI is InChI=1S/C20H17Cl2N5/c21-16-6-5-12(7-17(16)22)20-11-27(26-25-20)10-13-8-15-14-3-1-2-4-18(14)24-19(15)9-23-13/h1-7,11,13,23-24H,8-10H2/t13-/m0/s1. The number of rotatable bonds is 3. The molecule has 0 aliphatic carbocycles. The summed E-state index contributed by atoms with van der Waals surface area (Å²) >= 11 is 12.1. The number of H-pyrrole nitrogens is 1. The van der Waals surface area contributed by atoms with Gasteiger partial charge in [0.25, 0.3) is 0 Å². The highest BCUT2D eigenvalue weighted by Gasteiger charge is 2.22. The zero-order valence-electron chi connectivity index (χ0n) is 14.4. The summed E-state index contributed by atoms with van der Waals surface area (Å²) in [6.07, 6.45) is 2.91. The number of hydrogen-bond donors (Lipinski definition) is 2. The second-order valence-corrected chi connectivity index (χ2v) is 7.68. The van der Waals surface area contributed by atoms with Crippen LogP contribution in [0.1, 0.15) is 11.3 Å². The molecule has 0 saturated carbocycles. The Kier molecular flexibility index (Phi) is 4.16. The molecule has 3 heterocycles. The average Bonchev–Trinajstić information content (AvgIpc) is 3.28. The third-order valence-electron chi connectivity index (χ3n) is 5.08. The molecule has 7 heteroatoms. The van der Waals surface area contributed by atoms with Crippen LogP contribution in [0.4, 0.5) is 0 Å². The predicted octanol–water partition coefficient (Wildman–Crippen LogP) is 4.45. The highest BCUT2D eigenvalue weighted by molar-refractivity contribution is 6.42. The topological polar surface area (TPSA) is 58.5 Å². The van der Waals surface area contributed by atoms with Gasteiger partial charge in [0.2, 0.25) is 0 Å². The molecule has 0 unspecified atom stereocenters. The van der Waals surface area contributed by atoms with E-state index in [0.29, 0.717) is 16.1 Å². The van der Waals surface area contributed by atoms with Crippen LogP contribution >= 0.6 is 23.2 Å². The van der Waals surface area contributed by atoms with E-state index in [0.717, 1.165) is 30.8 Å². The van der Waals surface area contributed by atoms with Crippen molar-refractivity contribution < 1.29 is 0 Å². The summed E-state index contributed by atoms with van der Waals surface area (Å²) in [7, 11) is 0. The van der Waals surface area contributed by atoms with E-state index >= 15 is 0 Å². The quantitative estimate of drug-likeness (QED) is 0.536. The molecule has 1 aliphatic heterocycles. The Morgan fingerprint density at radius 3 is 2.89 bits per heavy atom. The Labute approximate surface area is 166 Å². The Morgan fingerprint density at radius 2 is 2.00 bits per heavy atom. The number of halogens is 2. The van der Waals surface area contributed by atoms with Crippen LogP contribution in [-0.2, 0) is 19.5 Å². The summed E-state index contributed by atoms with van der Waals surface area (Å²) in [6, 6.07) is 14.3. The van der Waals surface area contributed by atoms with E-state index in [1.54, 1.807) is 6.07 Å². The SMILES string of the molecule is Clc1ccc(-c2cn(C[C@@H]3Cc4c([nH]c5ccccc45)CN3)nn2)cc1Cl. The van der Waals surface area contributed by atoms with E-state index in [-0.39, 0.29) is 0 Å². The lowest BCUT2D eigenvalue weighted by atomic mass is 9.98. The number of aromatic amines is 1. The van der Waals surface area contributed by atoms with Crippen molar-refractivity contribution in [1.82, 2.24) is 25.3 Å². The molecule has 0 fully saturated rings. The van der Waals surface area contributed by atoms with Crippen molar-refractivity contribution in [1.29, 1.82) is 0 Å². The van der Waals surface area contributed by atoms with Crippen LogP contribution in [0.25, 0.3) is 22.2 Å². The molecule has 0 amide bonds. The van der Waals surface area contributed by atoms with Gasteiger partial charge in [0.05, 0.1) is 22.8 Å². The van der Waals surface area contributed by atoms with Crippen molar-refractivity contribution >= 4 is 34.1 Å². The molecular formula is C20H17Cl2N5. The number of para-hydroxylation sites is 1. The minimum atomic E-state index is 0.306. The van der Waals surface area contributed by atoms with E-state index in [9.17, 15) is 0 Å². The molecule has 27 heavy (non-hydrogen) atoms. The second-order valence-electron chi connectivity index (χ2n) is 6.86. The molecule has 1 aliphatic rings. The first-order valence-electron chi connectivity index (χ1n) is 8.85. The molecule has 5 nitrogen and oxygen atoms in total. The molecule has 136 valence electrons. The third kappa shape index (κ3) is 3.12. The predicted molar refractivity (Wildman–Crippen MR) is 108 cm³/mol. The normalized spacial score (nSPS) is 16.6. The molecule has 2 aromatic heterocycles. The molecule has 5 rings (SSSR count). The van der Waals surface area contributed by atoms with Gasteiger partial charge in [-0.05, 0) is 30.2 Å². The Bertz CT molecular complexity index is 1130. The summed E-state index contributed by atoms with van der Waals surface area (Å²) in [5.74, 6) is 0. The monoisotopic (exact) mass is 397 g/mol. The molecule has 0 spiro atoms. The van der Waals surface area contributed by atoms with E-state index in [1.165, 1.54) is 22.2 Å². The van der Waals surface area contributed by atoms with Gasteiger partial charge in [0.15, 0.2) is 0 Å². The van der Waals surface area contributed by atoms with Crippen molar-refractivity contribution in [3.05, 3.63) is 70.0 Å². The summed E-state index contributed by atoms with van der Waals surface area (Å²) in [4.78, 5) is 3.52. The fraction of sp³-hybridized carbons (Fsp3) is 0.200. The maximum atomic E-state index is 6.11. The smallest absolute Gasteiger partial charge is 0.113 e. The number of benzene rings is 2. The Balaban J connectivity index is 1.36. The third-order valence-corrected chi connectivity index (χ3v) is 5.82. The van der Waals surface area contributed by atoms with Crippen LogP contribution in [0, 0.1) is 0 Å². The van der Waals surface area contributed by atoms with Gasteiger partial charge >= 0.3 is 0 Å². The van der Waals surface area contributed by atoms with Gasteiger partial charge in [-0.2, -0.15) is 0 Å². The van der Waals surface area contributed by atoms with Gasteiger partial charge in [-0.15, -0.1) is 5.10 Å². The van der Waals surface area contributed by atoms with E-state index in [1.807, 2.05) is 23.0 Å². The molecule has 4 aromatic rings. The van der Waals surface area contributed by atoms with Crippen LogP contribution in [0.3, 0.4) is 0 Å². The number of fused-ring (bicyclic) bond motifs is 3. The van der Waals surface area contributed by atoms with E-state index < -0.39 is 0 Å². The largest absolute Gasteiger partial charge is 0.357 e. The van der Waals surface area contributed by atoms with Crippen molar-refractivity contribution in [2.45, 2.75) is 25.6 Å². The molecular weight excluding hydrogens is 381 g/mol. The van der Waals surface area contributed by atoms with E-state index in [2.05, 4.69) is 44.9 Å². The average molecular weight is 398 g/mol. The fourth-order valence-corrected chi connectivity index (χ4v) is 4.03. The number of nitrogens with zero attached hydrogens (tertiary/aromatic N) is 3. The van der Waals surface area contributed by atoms with Gasteiger partial charge in [0.1, 0.15) is 5.69 Å². The maximum Gasteiger partial charge on any atom is 0.113 e. The fourth-order valence-electron chi connectivity index (χ4n) is 3.74. The molecule has 0 radical (unpaired) electrons. The molecule has 0 bridgehead atoms. The molecule has 1 atom stereocenters. The summed E-state index contributed by atoms with van der Waals surface area (Å²) in [6.45, 7) is 1.59. The minimum Gasteiger partial charge on any atom is -0.357 e. The lowest BCUT2D eigenvalue weighted by Crippen LogP contribution is -2.38. The second kappa shape index (κ2) is 6.68. The number of aromatic nitrogens is 4. The van der Waals surface area contributed by atoms with Crippen LogP contribution in [0.5, 0.6) is 0 Å². The van der Waals surface area contributed by atoms with Gasteiger partial charge in [-0.25, -0.2) is 0 Å². The lowest BCUT2D eigenvalue weighted by Gasteiger charge is -2.23. The first-order valence-corrected chi connectivity index (χ1v) is 9.60. The minimum absolute atomic E-state index is 0.306. The molecule has 2 N–H and O–H groups in total. The summed E-state index contributed by atoms with van der Waals surface area (Å²) in [5, 5.41) is 14.5. The van der Waals surface area contributed by atoms with Crippen LogP contribution in [0.2, 0.25) is 10.0 Å². The van der Waals surface area contributed by atoms with Crippen molar-refractivity contribution in [2.75, 3.05) is 0 Å². The van der Waals surface area contributed by atoms with Crippen LogP contribution in [0.15, 0.2) is 48.7 Å². The van der Waals surface area contributed by atoms with Crippen molar-refractivity contribution in [3.8, 4) is 11.3 Å². The van der Waals surface area contributed by atoms with Crippen molar-refractivity contribution in [3.63, 3.8) is 0 Å². The first kappa shape index (κ1) is 16.8. The maximum absolute atomic E-state index is 6.11. The Hall–Kier alpha value is -2.34. The van der Waals surface area contributed by atoms with Crippen LogP contribution in [-0.4, -0.2) is 26.0 Å². The van der Waals surface area contributed by atoms with Gasteiger partial charge in [0, 0.05) is 34.7 Å². The molecule has 2 aromatic carbocycles.